The Balaban J connectivity index is 1.95. The molecule has 1 unspecified atom stereocenters. The fraction of sp³-hybridized carbons (Fsp3) is 0.250. The van der Waals surface area contributed by atoms with Crippen molar-refractivity contribution in [2.75, 3.05) is 0 Å². The van der Waals surface area contributed by atoms with Crippen molar-refractivity contribution < 1.29 is 5.11 Å². The molecule has 3 aromatic rings. The Kier molecular flexibility index (Phi) is 2.56. The number of aliphatic hydroxyl groups excluding tert-OH is 1. The zero-order valence-corrected chi connectivity index (χ0v) is 9.91. The SMILES string of the molecule is CC(O)Cc1cn(-c2ccc3[nH]ncc3c2)nn1. The molecule has 0 bridgehead atoms. The predicted octanol–water partition coefficient (Wildman–Crippen LogP) is 1.07. The standard InChI is InChI=1S/C12H13N5O/c1-8(18)4-10-7-17(16-14-10)11-2-3-12-9(5-11)6-13-15-12/h2-3,5-8,18H,4H2,1H3,(H,13,15). The molecule has 18 heavy (non-hydrogen) atoms. The van der Waals surface area contributed by atoms with Crippen LogP contribution in [0.25, 0.3) is 16.6 Å². The number of aromatic nitrogens is 5. The highest BCUT2D eigenvalue weighted by Gasteiger charge is 2.06. The van der Waals surface area contributed by atoms with E-state index in [1.807, 2.05) is 24.4 Å². The summed E-state index contributed by atoms with van der Waals surface area (Å²) in [6.45, 7) is 1.73. The quantitative estimate of drug-likeness (QED) is 0.721. The number of hydrogen-bond donors (Lipinski definition) is 2. The second-order valence-corrected chi connectivity index (χ2v) is 4.35. The maximum absolute atomic E-state index is 9.31. The van der Waals surface area contributed by atoms with E-state index >= 15 is 0 Å². The molecule has 0 amide bonds. The Bertz CT molecular complexity index is 670. The van der Waals surface area contributed by atoms with Gasteiger partial charge < -0.3 is 5.11 Å². The number of benzene rings is 1. The van der Waals surface area contributed by atoms with Gasteiger partial charge in [0.25, 0.3) is 0 Å². The lowest BCUT2D eigenvalue weighted by Crippen LogP contribution is -2.04. The number of H-pyrrole nitrogens is 1. The van der Waals surface area contributed by atoms with Crippen LogP contribution in [0.4, 0.5) is 0 Å². The smallest absolute Gasteiger partial charge is 0.0857 e. The van der Waals surface area contributed by atoms with Gasteiger partial charge in [0.2, 0.25) is 0 Å². The molecule has 6 nitrogen and oxygen atoms in total. The molecule has 2 N–H and O–H groups in total. The van der Waals surface area contributed by atoms with Gasteiger partial charge in [0.1, 0.15) is 0 Å². The molecule has 1 aromatic carbocycles. The van der Waals surface area contributed by atoms with Crippen LogP contribution in [-0.4, -0.2) is 36.4 Å². The van der Waals surface area contributed by atoms with Crippen molar-refractivity contribution in [2.24, 2.45) is 0 Å². The molecule has 6 heteroatoms. The first-order valence-electron chi connectivity index (χ1n) is 5.75. The van der Waals surface area contributed by atoms with E-state index < -0.39 is 6.10 Å². The molecule has 0 aliphatic carbocycles. The lowest BCUT2D eigenvalue weighted by molar-refractivity contribution is 0.194. The molecule has 0 aliphatic heterocycles. The molecule has 92 valence electrons. The summed E-state index contributed by atoms with van der Waals surface area (Å²) in [6.07, 6.45) is 3.69. The molecule has 0 fully saturated rings. The van der Waals surface area contributed by atoms with Gasteiger partial charge in [0.05, 0.1) is 35.4 Å². The minimum Gasteiger partial charge on any atom is -0.393 e. The fourth-order valence-electron chi connectivity index (χ4n) is 1.89. The summed E-state index contributed by atoms with van der Waals surface area (Å²) >= 11 is 0. The normalized spacial score (nSPS) is 13.0. The van der Waals surface area contributed by atoms with Crippen molar-refractivity contribution >= 4 is 10.9 Å². The molecule has 0 saturated carbocycles. The number of fused-ring (bicyclic) bond motifs is 1. The third kappa shape index (κ3) is 1.98. The Morgan fingerprint density at radius 2 is 2.33 bits per heavy atom. The minimum atomic E-state index is -0.411. The van der Waals surface area contributed by atoms with Crippen LogP contribution in [0.5, 0.6) is 0 Å². The summed E-state index contributed by atoms with van der Waals surface area (Å²) in [5.74, 6) is 0. The van der Waals surface area contributed by atoms with Crippen molar-refractivity contribution in [1.29, 1.82) is 0 Å². The van der Waals surface area contributed by atoms with Gasteiger partial charge >= 0.3 is 0 Å². The zero-order chi connectivity index (χ0) is 12.5. The summed E-state index contributed by atoms with van der Waals surface area (Å²) in [7, 11) is 0. The number of hydrogen-bond acceptors (Lipinski definition) is 4. The van der Waals surface area contributed by atoms with Crippen molar-refractivity contribution in [3.63, 3.8) is 0 Å². The number of nitrogens with zero attached hydrogens (tertiary/aromatic N) is 4. The summed E-state index contributed by atoms with van der Waals surface area (Å²) in [5, 5.41) is 25.3. The maximum Gasteiger partial charge on any atom is 0.0857 e. The molecule has 0 aliphatic rings. The van der Waals surface area contributed by atoms with Crippen LogP contribution < -0.4 is 0 Å². The van der Waals surface area contributed by atoms with E-state index in [2.05, 4.69) is 20.5 Å². The van der Waals surface area contributed by atoms with Gasteiger partial charge in [0, 0.05) is 11.8 Å². The first-order valence-corrected chi connectivity index (χ1v) is 5.75. The Morgan fingerprint density at radius 3 is 3.17 bits per heavy atom. The lowest BCUT2D eigenvalue weighted by atomic mass is 10.2. The third-order valence-corrected chi connectivity index (χ3v) is 2.73. The minimum absolute atomic E-state index is 0.411. The van der Waals surface area contributed by atoms with Crippen LogP contribution in [0.3, 0.4) is 0 Å². The molecule has 0 radical (unpaired) electrons. The largest absolute Gasteiger partial charge is 0.393 e. The Labute approximate surface area is 103 Å². The van der Waals surface area contributed by atoms with Crippen LogP contribution in [0, 0.1) is 0 Å². The molecule has 0 spiro atoms. The van der Waals surface area contributed by atoms with E-state index in [1.54, 1.807) is 17.8 Å². The highest BCUT2D eigenvalue weighted by molar-refractivity contribution is 5.80. The van der Waals surface area contributed by atoms with Gasteiger partial charge in [0.15, 0.2) is 0 Å². The van der Waals surface area contributed by atoms with E-state index in [1.165, 1.54) is 0 Å². The summed E-state index contributed by atoms with van der Waals surface area (Å²) in [6, 6.07) is 5.88. The van der Waals surface area contributed by atoms with Gasteiger partial charge in [-0.15, -0.1) is 5.10 Å². The summed E-state index contributed by atoms with van der Waals surface area (Å²) in [5.41, 5.74) is 2.69. The summed E-state index contributed by atoms with van der Waals surface area (Å²) in [4.78, 5) is 0. The van der Waals surface area contributed by atoms with Crippen LogP contribution in [0.1, 0.15) is 12.6 Å². The average Bonchev–Trinajstić information content (AvgIpc) is 2.95. The number of rotatable bonds is 3. The molecule has 2 heterocycles. The van der Waals surface area contributed by atoms with Gasteiger partial charge in [-0.05, 0) is 25.1 Å². The number of nitrogens with one attached hydrogen (secondary N) is 1. The first kappa shape index (κ1) is 10.9. The van der Waals surface area contributed by atoms with Gasteiger partial charge in [-0.3, -0.25) is 5.10 Å². The number of aliphatic hydroxyl groups is 1. The molecular weight excluding hydrogens is 230 g/mol. The zero-order valence-electron chi connectivity index (χ0n) is 9.91. The molecule has 0 saturated heterocycles. The van der Waals surface area contributed by atoms with Gasteiger partial charge in [-0.25, -0.2) is 4.68 Å². The van der Waals surface area contributed by atoms with Crippen molar-refractivity contribution in [3.05, 3.63) is 36.3 Å². The highest BCUT2D eigenvalue weighted by atomic mass is 16.3. The van der Waals surface area contributed by atoms with E-state index in [9.17, 15) is 5.11 Å². The molecular formula is C12H13N5O. The Hall–Kier alpha value is -2.21. The van der Waals surface area contributed by atoms with Crippen molar-refractivity contribution in [1.82, 2.24) is 25.2 Å². The van der Waals surface area contributed by atoms with Gasteiger partial charge in [-0.1, -0.05) is 5.21 Å². The summed E-state index contributed by atoms with van der Waals surface area (Å²) < 4.78 is 1.70. The predicted molar refractivity (Wildman–Crippen MR) is 66.4 cm³/mol. The van der Waals surface area contributed by atoms with E-state index in [-0.39, 0.29) is 0 Å². The topological polar surface area (TPSA) is 79.6 Å². The van der Waals surface area contributed by atoms with Gasteiger partial charge in [-0.2, -0.15) is 5.10 Å². The lowest BCUT2D eigenvalue weighted by Gasteiger charge is -2.00. The monoisotopic (exact) mass is 243 g/mol. The van der Waals surface area contributed by atoms with Crippen LogP contribution >= 0.6 is 0 Å². The molecule has 1 atom stereocenters. The van der Waals surface area contributed by atoms with Crippen LogP contribution in [0.15, 0.2) is 30.6 Å². The Morgan fingerprint density at radius 1 is 1.44 bits per heavy atom. The van der Waals surface area contributed by atoms with Crippen molar-refractivity contribution in [3.8, 4) is 5.69 Å². The number of aromatic amines is 1. The second-order valence-electron chi connectivity index (χ2n) is 4.35. The first-order chi connectivity index (χ1) is 8.72. The van der Waals surface area contributed by atoms with E-state index in [0.717, 1.165) is 22.3 Å². The van der Waals surface area contributed by atoms with Crippen LogP contribution in [0.2, 0.25) is 0 Å². The maximum atomic E-state index is 9.31. The second kappa shape index (κ2) is 4.23. The highest BCUT2D eigenvalue weighted by Crippen LogP contribution is 2.15. The average molecular weight is 243 g/mol. The third-order valence-electron chi connectivity index (χ3n) is 2.73. The van der Waals surface area contributed by atoms with E-state index in [0.29, 0.717) is 6.42 Å². The molecule has 3 rings (SSSR count). The van der Waals surface area contributed by atoms with Crippen molar-refractivity contribution in [2.45, 2.75) is 19.4 Å². The fourth-order valence-corrected chi connectivity index (χ4v) is 1.89. The molecule has 2 aromatic heterocycles. The van der Waals surface area contributed by atoms with Crippen LogP contribution in [-0.2, 0) is 6.42 Å². The van der Waals surface area contributed by atoms with E-state index in [4.69, 9.17) is 0 Å².